The number of aryl methyl sites for hydroxylation is 1. The number of carbonyl (C=O) groups excluding carboxylic acids is 9. The second kappa shape index (κ2) is 37.6. The number of para-hydroxylation sites is 1. The highest BCUT2D eigenvalue weighted by Crippen LogP contribution is 2.29. The number of carboxylic acid groups (broad SMARTS) is 1. The standard InChI is InChI=1S/C19H23N7O6.C10H15N3O5.C7H8.C5H12IN5S2.C2H6/c20-14(28)6-25-19(32)18(12-5-22-13-4-2-1-3-11(12)13)26-17(31)9-24-16(30)8-23-15(29)7-21-10-27;1-6(2-3-9(16)17)12-7(14)5-13-8(15)4-11-10(13)18;1-7-5-3-2-4-6-7;1-12-3(10-2-7)4(13-6)11-5(8)9;1-2/h1-5,10,18,22H,6-9H2,(H2,20,28)(H,21,27)(H,23,29)(H,24,30)(H,25,32)(H,26,31);6H,2-5H2,1H3,(H,11,18)(H,12,14)(H,16,17);2-6H,1H3;2-4H,1H3,(H2,7,10)(H4,8,9,11);1-2H3. The number of primary amides is 1. The molecule has 0 aliphatic carbocycles. The number of thioether (sulfide) groups is 1. The second-order valence-electron chi connectivity index (χ2n) is 14.2. The van der Waals surface area contributed by atoms with E-state index in [0.717, 1.165) is 10.4 Å². The lowest BCUT2D eigenvalue weighted by Gasteiger charge is -2.18. The number of urea groups is 1. The van der Waals surface area contributed by atoms with Gasteiger partial charge in [-0.2, -0.15) is 0 Å². The Morgan fingerprint density at radius 3 is 1.99 bits per heavy atom. The minimum absolute atomic E-state index is 0.0472. The maximum absolute atomic E-state index is 12.6. The van der Waals surface area contributed by atoms with E-state index >= 15 is 0 Å². The second-order valence-corrected chi connectivity index (χ2v) is 17.3. The number of hydrogen-bond acceptors (Lipinski definition) is 14. The van der Waals surface area contributed by atoms with Gasteiger partial charge in [0.05, 0.1) is 39.1 Å². The van der Waals surface area contributed by atoms with Crippen LogP contribution >= 0.6 is 41.9 Å². The van der Waals surface area contributed by atoms with Crippen LogP contribution in [-0.2, 0) is 43.2 Å². The number of aliphatic imine (C=N–C) groups is 2. The number of benzene rings is 2. The number of nitrogens with zero attached hydrogens (tertiary/aromatic N) is 3. The molecule has 0 radical (unpaired) electrons. The number of imide groups is 1. The lowest BCUT2D eigenvalue weighted by Crippen LogP contribution is -2.47. The van der Waals surface area contributed by atoms with E-state index < -0.39 is 79.0 Å². The van der Waals surface area contributed by atoms with Gasteiger partial charge >= 0.3 is 12.0 Å². The van der Waals surface area contributed by atoms with Crippen molar-refractivity contribution in [2.75, 3.05) is 45.5 Å². The third-order valence-electron chi connectivity index (χ3n) is 8.64. The van der Waals surface area contributed by atoms with Crippen molar-refractivity contribution in [3.8, 4) is 0 Å². The molecule has 4 atom stereocenters. The van der Waals surface area contributed by atoms with Gasteiger partial charge in [0.1, 0.15) is 23.3 Å². The Hall–Kier alpha value is -7.15. The molecule has 2 heterocycles. The molecule has 1 aromatic heterocycles. The van der Waals surface area contributed by atoms with E-state index in [4.69, 9.17) is 28.0 Å². The molecule has 1 fully saturated rings. The first-order valence-corrected chi connectivity index (χ1v) is 26.3. The van der Waals surface area contributed by atoms with Crippen LogP contribution in [0.1, 0.15) is 50.8 Å². The predicted octanol–water partition coefficient (Wildman–Crippen LogP) is -0.821. The Bertz CT molecular complexity index is 2270. The van der Waals surface area contributed by atoms with E-state index in [9.17, 15) is 47.9 Å². The lowest BCUT2D eigenvalue weighted by molar-refractivity contribution is -0.137. The third kappa shape index (κ3) is 27.9. The highest BCUT2D eigenvalue weighted by Gasteiger charge is 2.30. The molecule has 72 heavy (non-hydrogen) atoms. The SMILES string of the molecule is CC.CC(CCC(=O)O)NC(=O)CN1C(=O)CNC1=O.CSC(/N=C\N)C(N=C(N)N)SI.Cc1ccccc1.NC(=O)CNC(=O)C(NC(=O)CNC(=O)CNC(=O)CNC=O)c1c[nH]c2ccccc12. The van der Waals surface area contributed by atoms with Crippen LogP contribution in [0.5, 0.6) is 0 Å². The molecule has 1 aliphatic rings. The van der Waals surface area contributed by atoms with Crippen LogP contribution in [0, 0.1) is 6.92 Å². The highest BCUT2D eigenvalue weighted by atomic mass is 127. The van der Waals surface area contributed by atoms with Crippen LogP contribution in [-0.4, -0.2) is 149 Å². The van der Waals surface area contributed by atoms with Crippen molar-refractivity contribution in [1.29, 1.82) is 0 Å². The van der Waals surface area contributed by atoms with E-state index in [1.807, 2.05) is 38.3 Å². The van der Waals surface area contributed by atoms with Gasteiger partial charge in [0.25, 0.3) is 5.91 Å². The van der Waals surface area contributed by atoms with Gasteiger partial charge in [0.2, 0.25) is 41.9 Å². The number of H-pyrrole nitrogens is 1. The maximum Gasteiger partial charge on any atom is 0.325 e. The largest absolute Gasteiger partial charge is 0.481 e. The van der Waals surface area contributed by atoms with Crippen molar-refractivity contribution in [1.82, 2.24) is 47.1 Å². The number of aromatic nitrogens is 1. The van der Waals surface area contributed by atoms with Gasteiger partial charge in [-0.05, 0) is 53.8 Å². The summed E-state index contributed by atoms with van der Waals surface area (Å²) in [7, 11) is 1.50. The molecule has 1 saturated heterocycles. The van der Waals surface area contributed by atoms with Crippen LogP contribution < -0.4 is 60.2 Å². The smallest absolute Gasteiger partial charge is 0.325 e. The van der Waals surface area contributed by atoms with E-state index in [2.05, 4.69) is 92.4 Å². The van der Waals surface area contributed by atoms with Gasteiger partial charge in [0.15, 0.2) is 5.96 Å². The summed E-state index contributed by atoms with van der Waals surface area (Å²) in [4.78, 5) is 125. The first-order chi connectivity index (χ1) is 34.3. The average Bonchev–Trinajstić information content (AvgIpc) is 3.93. The number of rotatable bonds is 23. The van der Waals surface area contributed by atoms with Gasteiger partial charge in [-0.25, -0.2) is 9.79 Å². The summed E-state index contributed by atoms with van der Waals surface area (Å²) < 4.78 is 0. The molecular weight excluding hydrogens is 1090 g/mol. The van der Waals surface area contributed by atoms with Crippen molar-refractivity contribution in [3.05, 3.63) is 71.9 Å². The summed E-state index contributed by atoms with van der Waals surface area (Å²) >= 11 is 3.68. The summed E-state index contributed by atoms with van der Waals surface area (Å²) in [6, 6.07) is 15.3. The van der Waals surface area contributed by atoms with E-state index in [-0.39, 0.29) is 48.8 Å². The number of guanidine groups is 1. The predicted molar refractivity (Wildman–Crippen MR) is 285 cm³/mol. The lowest BCUT2D eigenvalue weighted by atomic mass is 10.0. The summed E-state index contributed by atoms with van der Waals surface area (Å²) in [5.41, 5.74) is 23.3. The third-order valence-corrected chi connectivity index (χ3v) is 11.8. The first kappa shape index (κ1) is 64.8. The molecule has 3 aromatic rings. The topological polar surface area (TPSA) is 423 Å². The number of nitrogens with one attached hydrogen (secondary N) is 8. The monoisotopic (exact) mass is 1160 g/mol. The summed E-state index contributed by atoms with van der Waals surface area (Å²) in [6.45, 7) is 5.73. The van der Waals surface area contributed by atoms with Crippen LogP contribution in [0.25, 0.3) is 10.9 Å². The summed E-state index contributed by atoms with van der Waals surface area (Å²) in [5.74, 6) is -5.14. The average molecular weight is 1160 g/mol. The van der Waals surface area contributed by atoms with Crippen LogP contribution in [0.4, 0.5) is 4.79 Å². The van der Waals surface area contributed by atoms with Gasteiger partial charge in [0, 0.05) is 35.1 Å². The number of aromatic amines is 1. The zero-order chi connectivity index (χ0) is 54.6. The van der Waals surface area contributed by atoms with Crippen molar-refractivity contribution in [3.63, 3.8) is 0 Å². The van der Waals surface area contributed by atoms with Gasteiger partial charge in [-0.15, -0.1) is 11.8 Å². The molecular formula is C43H64IN15O11S2. The van der Waals surface area contributed by atoms with E-state index in [1.54, 1.807) is 49.1 Å². The number of fused-ring (bicyclic) bond motifs is 1. The molecule has 26 nitrogen and oxygen atoms in total. The zero-order valence-electron chi connectivity index (χ0n) is 40.3. The van der Waals surface area contributed by atoms with E-state index in [1.165, 1.54) is 20.8 Å². The zero-order valence-corrected chi connectivity index (χ0v) is 44.1. The molecule has 2 aromatic carbocycles. The molecule has 17 N–H and O–H groups in total. The van der Waals surface area contributed by atoms with Crippen LogP contribution in [0.15, 0.2) is 70.8 Å². The van der Waals surface area contributed by atoms with Gasteiger partial charge in [-0.3, -0.25) is 53.0 Å². The number of carboxylic acids is 1. The number of nitrogens with two attached hydrogens (primary N) is 4. The fourth-order valence-corrected chi connectivity index (χ4v) is 8.44. The summed E-state index contributed by atoms with van der Waals surface area (Å²) in [5, 5.41) is 25.4. The Kier molecular flexibility index (Phi) is 33.9. The molecule has 0 spiro atoms. The van der Waals surface area contributed by atoms with Crippen molar-refractivity contribution < 1.29 is 53.1 Å². The van der Waals surface area contributed by atoms with Crippen molar-refractivity contribution in [2.24, 2.45) is 32.9 Å². The number of carbonyl (C=O) groups is 10. The van der Waals surface area contributed by atoms with E-state index in [0.29, 0.717) is 23.8 Å². The van der Waals surface area contributed by atoms with Crippen molar-refractivity contribution in [2.45, 2.75) is 63.4 Å². The van der Waals surface area contributed by atoms with Gasteiger partial charge < -0.3 is 70.2 Å². The molecule has 0 bridgehead atoms. The molecule has 29 heteroatoms. The van der Waals surface area contributed by atoms with Crippen LogP contribution in [0.3, 0.4) is 0 Å². The Morgan fingerprint density at radius 2 is 1.47 bits per heavy atom. The van der Waals surface area contributed by atoms with Gasteiger partial charge in [-0.1, -0.05) is 76.9 Å². The molecule has 1 aliphatic heterocycles. The fourth-order valence-electron chi connectivity index (χ4n) is 5.36. The number of hydrogen-bond donors (Lipinski definition) is 13. The Labute approximate surface area is 436 Å². The summed E-state index contributed by atoms with van der Waals surface area (Å²) in [6.07, 6.45) is 5.34. The fraction of sp³-hybridized carbons (Fsp3) is 0.395. The Morgan fingerprint density at radius 1 is 0.861 bits per heavy atom. The normalized spacial score (nSPS) is 12.8. The van der Waals surface area contributed by atoms with Crippen molar-refractivity contribution >= 4 is 125 Å². The molecule has 396 valence electrons. The number of aliphatic carboxylic acids is 1. The minimum Gasteiger partial charge on any atom is -0.481 e. The molecule has 4 rings (SSSR count). The molecule has 10 amide bonds. The minimum atomic E-state index is -1.16. The maximum atomic E-state index is 12.6. The quantitative estimate of drug-likeness (QED) is 0.0181. The molecule has 0 saturated carbocycles. The highest BCUT2D eigenvalue weighted by molar-refractivity contribution is 14.2. The first-order valence-electron chi connectivity index (χ1n) is 21.6. The number of amides is 10. The Balaban J connectivity index is 0.00000105. The number of halogens is 1. The van der Waals surface area contributed by atoms with Crippen LogP contribution in [0.2, 0.25) is 0 Å². The molecule has 4 unspecified atom stereocenters.